The Morgan fingerprint density at radius 2 is 0.830 bits per heavy atom. The van der Waals surface area contributed by atoms with Gasteiger partial charge in [-0.2, -0.15) is 0 Å². The van der Waals surface area contributed by atoms with Crippen molar-refractivity contribution >= 4 is 11.9 Å². The van der Waals surface area contributed by atoms with Gasteiger partial charge in [0.1, 0.15) is 12.2 Å². The van der Waals surface area contributed by atoms with Gasteiger partial charge in [-0.25, -0.2) is 0 Å². The predicted octanol–water partition coefficient (Wildman–Crippen LogP) is 11.6. The minimum absolute atomic E-state index is 0.0760. The lowest BCUT2D eigenvalue weighted by Crippen LogP contribution is -2.18. The first-order valence-corrected chi connectivity index (χ1v) is 19.6. The van der Waals surface area contributed by atoms with E-state index in [-0.39, 0.29) is 30.1 Å². The van der Waals surface area contributed by atoms with Crippen molar-refractivity contribution in [2.24, 2.45) is 5.92 Å². The van der Waals surface area contributed by atoms with Crippen LogP contribution in [-0.2, 0) is 19.1 Å². The van der Waals surface area contributed by atoms with Gasteiger partial charge in [0.2, 0.25) is 0 Å². The highest BCUT2D eigenvalue weighted by Gasteiger charge is 2.56. The van der Waals surface area contributed by atoms with Gasteiger partial charge in [0.25, 0.3) is 0 Å². The fourth-order valence-electron chi connectivity index (χ4n) is 5.83. The van der Waals surface area contributed by atoms with E-state index in [1.165, 1.54) is 77.0 Å². The maximum absolute atomic E-state index is 12.5. The maximum atomic E-state index is 12.5. The molecule has 0 aromatic carbocycles. The smallest absolute Gasteiger partial charge is 0.306 e. The van der Waals surface area contributed by atoms with Crippen LogP contribution in [0.2, 0.25) is 0 Å². The predicted molar refractivity (Wildman–Crippen MR) is 201 cm³/mol. The Labute approximate surface area is 290 Å². The van der Waals surface area contributed by atoms with Crippen molar-refractivity contribution in [1.29, 1.82) is 0 Å². The monoisotopic (exact) mass is 656 g/mol. The van der Waals surface area contributed by atoms with Crippen molar-refractivity contribution in [3.05, 3.63) is 48.6 Å². The molecule has 3 atom stereocenters. The van der Waals surface area contributed by atoms with Crippen LogP contribution >= 0.6 is 0 Å². The number of rotatable bonds is 32. The summed E-state index contributed by atoms with van der Waals surface area (Å²) in [5, 5.41) is 0. The van der Waals surface area contributed by atoms with E-state index in [2.05, 4.69) is 67.4 Å². The number of esters is 2. The second-order valence-corrected chi connectivity index (χ2v) is 13.8. The highest BCUT2D eigenvalue weighted by Crippen LogP contribution is 2.39. The molecule has 2 unspecified atom stereocenters. The van der Waals surface area contributed by atoms with Crippen LogP contribution in [0.15, 0.2) is 48.6 Å². The van der Waals surface area contributed by atoms with Crippen molar-refractivity contribution < 1.29 is 19.1 Å². The Morgan fingerprint density at radius 3 is 1.19 bits per heavy atom. The lowest BCUT2D eigenvalue weighted by molar-refractivity contribution is -0.152. The molecule has 47 heavy (non-hydrogen) atoms. The van der Waals surface area contributed by atoms with Crippen molar-refractivity contribution in [1.82, 2.24) is 4.90 Å². The molecule has 270 valence electrons. The highest BCUT2D eigenvalue weighted by molar-refractivity contribution is 5.71. The standard InChI is InChI=1S/C42H73NO4/c1-5-7-9-11-13-15-17-19-21-23-25-27-29-31-33-35-39(44)46-41-38(37-43(3)4)42(41)47-40(45)36-34-32-30-28-26-24-22-20-18-16-14-12-10-8-6-2/h13-16,19-22,38,41-42H,5-12,17-18,23-37H2,1-4H3/b15-13-,16-14-,21-19-,22-20-/t38?,41-,42?/m1/s1. The molecule has 1 aliphatic rings. The fourth-order valence-corrected chi connectivity index (χ4v) is 5.83. The van der Waals surface area contributed by atoms with Crippen LogP contribution in [0.5, 0.6) is 0 Å². The van der Waals surface area contributed by atoms with Crippen LogP contribution in [0.4, 0.5) is 0 Å². The number of ether oxygens (including phenoxy) is 2. The molecule has 0 aromatic heterocycles. The molecule has 5 heteroatoms. The summed E-state index contributed by atoms with van der Waals surface area (Å²) in [5.74, 6) is -0.236. The lowest BCUT2D eigenvalue weighted by atomic mass is 10.1. The van der Waals surface area contributed by atoms with Crippen LogP contribution < -0.4 is 0 Å². The van der Waals surface area contributed by atoms with Crippen LogP contribution in [0.25, 0.3) is 0 Å². The van der Waals surface area contributed by atoms with E-state index in [4.69, 9.17) is 9.47 Å². The quantitative estimate of drug-likeness (QED) is 0.0410. The Hall–Kier alpha value is -2.14. The second kappa shape index (κ2) is 31.1. The number of carbonyl (C=O) groups excluding carboxylic acids is 2. The largest absolute Gasteiger partial charge is 0.458 e. The molecule has 0 aliphatic heterocycles. The van der Waals surface area contributed by atoms with Crippen molar-refractivity contribution in [2.45, 2.75) is 180 Å². The zero-order valence-electron chi connectivity index (χ0n) is 31.1. The van der Waals surface area contributed by atoms with Gasteiger partial charge >= 0.3 is 11.9 Å². The van der Waals surface area contributed by atoms with E-state index < -0.39 is 0 Å². The molecule has 0 N–H and O–H groups in total. The molecule has 0 saturated heterocycles. The Kier molecular flexibility index (Phi) is 28.4. The normalized spacial score (nSPS) is 18.0. The Balaban J connectivity index is 2.08. The number of allylic oxidation sites excluding steroid dienone is 8. The first-order valence-electron chi connectivity index (χ1n) is 19.6. The molecule has 0 bridgehead atoms. The summed E-state index contributed by atoms with van der Waals surface area (Å²) in [6.07, 6.45) is 44.2. The van der Waals surface area contributed by atoms with E-state index in [0.29, 0.717) is 12.8 Å². The maximum Gasteiger partial charge on any atom is 0.306 e. The van der Waals surface area contributed by atoms with E-state index in [0.717, 1.165) is 70.8 Å². The summed E-state index contributed by atoms with van der Waals surface area (Å²) < 4.78 is 11.5. The molecule has 0 heterocycles. The molecule has 0 aromatic rings. The number of carbonyl (C=O) groups is 2. The summed E-state index contributed by atoms with van der Waals surface area (Å²) in [7, 11) is 4.00. The van der Waals surface area contributed by atoms with Crippen LogP contribution in [0, 0.1) is 5.92 Å². The van der Waals surface area contributed by atoms with E-state index >= 15 is 0 Å². The van der Waals surface area contributed by atoms with Gasteiger partial charge in [0, 0.05) is 19.4 Å². The van der Waals surface area contributed by atoms with Crippen molar-refractivity contribution in [2.75, 3.05) is 20.6 Å². The van der Waals surface area contributed by atoms with Crippen molar-refractivity contribution in [3.8, 4) is 0 Å². The summed E-state index contributed by atoms with van der Waals surface area (Å²) in [6.45, 7) is 5.24. The molecular formula is C42H73NO4. The molecule has 0 amide bonds. The topological polar surface area (TPSA) is 55.8 Å². The van der Waals surface area contributed by atoms with Crippen LogP contribution in [0.3, 0.4) is 0 Å². The summed E-state index contributed by atoms with van der Waals surface area (Å²) in [6, 6.07) is 0. The fraction of sp³-hybridized carbons (Fsp3) is 0.762. The summed E-state index contributed by atoms with van der Waals surface area (Å²) in [5.41, 5.74) is 0. The zero-order chi connectivity index (χ0) is 34.2. The van der Waals surface area contributed by atoms with E-state index in [1.54, 1.807) is 0 Å². The summed E-state index contributed by atoms with van der Waals surface area (Å²) >= 11 is 0. The Bertz CT molecular complexity index is 808. The molecule has 1 aliphatic carbocycles. The number of hydrogen-bond acceptors (Lipinski definition) is 5. The van der Waals surface area contributed by atoms with Gasteiger partial charge in [-0.05, 0) is 91.1 Å². The van der Waals surface area contributed by atoms with Gasteiger partial charge in [-0.15, -0.1) is 0 Å². The van der Waals surface area contributed by atoms with Crippen LogP contribution in [-0.4, -0.2) is 49.7 Å². The number of hydrogen-bond donors (Lipinski definition) is 0. The van der Waals surface area contributed by atoms with Gasteiger partial charge in [-0.1, -0.05) is 127 Å². The molecule has 0 spiro atoms. The van der Waals surface area contributed by atoms with Gasteiger partial charge < -0.3 is 14.4 Å². The third-order valence-electron chi connectivity index (χ3n) is 8.80. The van der Waals surface area contributed by atoms with Gasteiger partial charge in [-0.3, -0.25) is 9.59 Å². The van der Waals surface area contributed by atoms with Gasteiger partial charge in [0.05, 0.1) is 5.92 Å². The highest BCUT2D eigenvalue weighted by atomic mass is 16.6. The molecule has 5 nitrogen and oxygen atoms in total. The third-order valence-corrected chi connectivity index (χ3v) is 8.80. The minimum Gasteiger partial charge on any atom is -0.458 e. The second-order valence-electron chi connectivity index (χ2n) is 13.8. The average Bonchev–Trinajstić information content (AvgIpc) is 3.67. The lowest BCUT2D eigenvalue weighted by Gasteiger charge is -2.08. The minimum atomic E-state index is -0.295. The third kappa shape index (κ3) is 26.5. The van der Waals surface area contributed by atoms with E-state index in [1.807, 2.05) is 14.1 Å². The first kappa shape index (κ1) is 42.9. The SMILES string of the molecule is CCCCC/C=C\C/C=C\CCCCCCCC(=O)OC1C(CN(C)C)[C@H]1OC(=O)CCCCCCC/C=C\C/C=C\CCCCC. The van der Waals surface area contributed by atoms with E-state index in [9.17, 15) is 9.59 Å². The number of unbranched alkanes of at least 4 members (excludes halogenated alkanes) is 16. The molecule has 0 radical (unpaired) electrons. The summed E-state index contributed by atoms with van der Waals surface area (Å²) in [4.78, 5) is 27.1. The Morgan fingerprint density at radius 1 is 0.489 bits per heavy atom. The average molecular weight is 656 g/mol. The first-order chi connectivity index (χ1) is 23.0. The molecular weight excluding hydrogens is 582 g/mol. The molecule has 1 fully saturated rings. The van der Waals surface area contributed by atoms with Gasteiger partial charge in [0.15, 0.2) is 0 Å². The molecule has 1 rings (SSSR count). The van der Waals surface area contributed by atoms with Crippen molar-refractivity contribution in [3.63, 3.8) is 0 Å². The van der Waals surface area contributed by atoms with Crippen LogP contribution in [0.1, 0.15) is 168 Å². The number of nitrogens with zero attached hydrogens (tertiary/aromatic N) is 1. The molecule has 1 saturated carbocycles. The zero-order valence-corrected chi connectivity index (χ0v) is 31.1.